The van der Waals surface area contributed by atoms with Crippen LogP contribution in [0.4, 0.5) is 5.95 Å². The molecule has 8 heteroatoms. The van der Waals surface area contributed by atoms with Gasteiger partial charge in [0.2, 0.25) is 5.95 Å². The highest BCUT2D eigenvalue weighted by Gasteiger charge is 2.17. The van der Waals surface area contributed by atoms with Gasteiger partial charge in [-0.15, -0.1) is 25.2 Å². The predicted octanol–water partition coefficient (Wildman–Crippen LogP) is 3.15. The van der Waals surface area contributed by atoms with E-state index >= 15 is 0 Å². The van der Waals surface area contributed by atoms with E-state index in [2.05, 4.69) is 25.4 Å². The molecule has 0 fully saturated rings. The Labute approximate surface area is 146 Å². The van der Waals surface area contributed by atoms with Crippen molar-refractivity contribution >= 4 is 50.4 Å². The molecule has 25 heavy (non-hydrogen) atoms. The second-order valence-corrected chi connectivity index (χ2v) is 5.96. The van der Waals surface area contributed by atoms with Crippen LogP contribution < -0.4 is 5.73 Å². The van der Waals surface area contributed by atoms with Crippen LogP contribution in [-0.4, -0.2) is 30.2 Å². The molecule has 0 bridgehead atoms. The Kier molecular flexibility index (Phi) is 2.86. The van der Waals surface area contributed by atoms with Crippen LogP contribution in [0.25, 0.3) is 38.5 Å². The van der Waals surface area contributed by atoms with Gasteiger partial charge in [0.1, 0.15) is 27.8 Å². The van der Waals surface area contributed by atoms with E-state index in [1.165, 1.54) is 4.80 Å². The third-order valence-electron chi connectivity index (χ3n) is 4.05. The highest BCUT2D eigenvalue weighted by molar-refractivity contribution is 6.32. The van der Waals surface area contributed by atoms with Gasteiger partial charge in [-0.25, -0.2) is 4.98 Å². The monoisotopic (exact) mass is 347 g/mol. The average Bonchev–Trinajstić information content (AvgIpc) is 3.07. The molecule has 0 amide bonds. The molecule has 2 aromatic heterocycles. The van der Waals surface area contributed by atoms with E-state index in [9.17, 15) is 0 Å². The molecule has 2 heterocycles. The molecule has 0 spiro atoms. The molecule has 0 saturated heterocycles. The number of benzene rings is 3. The Balaban J connectivity index is 1.98. The number of nitrogens with zero attached hydrogens (tertiary/aromatic N) is 6. The number of anilines is 1. The number of para-hydroxylation sites is 1. The smallest absolute Gasteiger partial charge is 0.240 e. The fraction of sp³-hybridized carbons (Fsp3) is 0. The van der Waals surface area contributed by atoms with E-state index < -0.39 is 0 Å². The van der Waals surface area contributed by atoms with Gasteiger partial charge in [-0.1, -0.05) is 48.0 Å². The van der Waals surface area contributed by atoms with E-state index in [1.54, 1.807) is 6.07 Å². The zero-order chi connectivity index (χ0) is 17.0. The van der Waals surface area contributed by atoms with Crippen LogP contribution in [0, 0.1) is 0 Å². The van der Waals surface area contributed by atoms with Crippen LogP contribution in [0.15, 0.2) is 48.5 Å². The second kappa shape index (κ2) is 5.09. The van der Waals surface area contributed by atoms with Gasteiger partial charge in [0, 0.05) is 10.8 Å². The van der Waals surface area contributed by atoms with Crippen LogP contribution >= 0.6 is 11.6 Å². The summed E-state index contributed by atoms with van der Waals surface area (Å²) in [5, 5.41) is 19.7. The van der Waals surface area contributed by atoms with Crippen molar-refractivity contribution in [2.75, 3.05) is 5.73 Å². The number of hydrogen-bond donors (Lipinski definition) is 1. The van der Waals surface area contributed by atoms with Crippen LogP contribution in [-0.2, 0) is 0 Å². The summed E-state index contributed by atoms with van der Waals surface area (Å²) in [6.07, 6.45) is 0. The van der Waals surface area contributed by atoms with Gasteiger partial charge in [0.25, 0.3) is 0 Å². The molecule has 7 nitrogen and oxygen atoms in total. The lowest BCUT2D eigenvalue weighted by Crippen LogP contribution is -1.99. The summed E-state index contributed by atoms with van der Waals surface area (Å²) in [5.41, 5.74) is 8.95. The maximum Gasteiger partial charge on any atom is 0.240 e. The van der Waals surface area contributed by atoms with Crippen molar-refractivity contribution in [2.24, 2.45) is 0 Å². The van der Waals surface area contributed by atoms with Crippen molar-refractivity contribution in [3.8, 4) is 5.69 Å². The highest BCUT2D eigenvalue weighted by atomic mass is 35.5. The van der Waals surface area contributed by atoms with E-state index in [0.717, 1.165) is 10.8 Å². The molecule has 0 radical (unpaired) electrons. The number of nitrogens with two attached hydrogens (primary N) is 1. The summed E-state index contributed by atoms with van der Waals surface area (Å²) in [6, 6.07) is 15.2. The van der Waals surface area contributed by atoms with Gasteiger partial charge in [0.05, 0.1) is 5.02 Å². The average molecular weight is 348 g/mol. The molecule has 5 aromatic rings. The molecular weight excluding hydrogens is 338 g/mol. The van der Waals surface area contributed by atoms with Crippen molar-refractivity contribution in [2.45, 2.75) is 0 Å². The predicted molar refractivity (Wildman–Crippen MR) is 96.7 cm³/mol. The largest absolute Gasteiger partial charge is 0.366 e. The Morgan fingerprint density at radius 2 is 1.44 bits per heavy atom. The van der Waals surface area contributed by atoms with E-state index in [1.807, 2.05) is 42.5 Å². The first-order valence-electron chi connectivity index (χ1n) is 7.55. The quantitative estimate of drug-likeness (QED) is 0.468. The first kappa shape index (κ1) is 14.1. The van der Waals surface area contributed by atoms with Gasteiger partial charge in [0.15, 0.2) is 0 Å². The molecule has 0 unspecified atom stereocenters. The molecule has 5 rings (SSSR count). The molecule has 0 aliphatic heterocycles. The maximum absolute atomic E-state index is 6.29. The minimum atomic E-state index is 0.121. The maximum atomic E-state index is 6.29. The Hall–Kier alpha value is -3.32. The van der Waals surface area contributed by atoms with Crippen LogP contribution in [0.3, 0.4) is 0 Å². The first-order chi connectivity index (χ1) is 12.2. The first-order valence-corrected chi connectivity index (χ1v) is 7.93. The van der Waals surface area contributed by atoms with Crippen LogP contribution in [0.1, 0.15) is 0 Å². The third kappa shape index (κ3) is 2.03. The number of hydrogen-bond acceptors (Lipinski definition) is 6. The lowest BCUT2D eigenvalue weighted by Gasteiger charge is -2.02. The standard InChI is InChI=1S/C17H10ClN7/c18-11-7-3-4-8-12(11)25-23-14-10-6-2-1-5-9(10)13-15(16(14)24-25)21-22-17(19)20-13/h1-8H,(H2,19,20,22). The summed E-state index contributed by atoms with van der Waals surface area (Å²) >= 11 is 6.29. The zero-order valence-electron chi connectivity index (χ0n) is 12.8. The summed E-state index contributed by atoms with van der Waals surface area (Å²) in [7, 11) is 0. The number of rotatable bonds is 1. The lowest BCUT2D eigenvalue weighted by atomic mass is 10.1. The Morgan fingerprint density at radius 3 is 2.24 bits per heavy atom. The fourth-order valence-electron chi connectivity index (χ4n) is 2.95. The molecule has 0 aliphatic rings. The van der Waals surface area contributed by atoms with Crippen molar-refractivity contribution < 1.29 is 0 Å². The van der Waals surface area contributed by atoms with Gasteiger partial charge in [-0.3, -0.25) is 0 Å². The zero-order valence-corrected chi connectivity index (χ0v) is 13.5. The molecule has 120 valence electrons. The van der Waals surface area contributed by atoms with Gasteiger partial charge in [-0.2, -0.15) is 0 Å². The van der Waals surface area contributed by atoms with Gasteiger partial charge >= 0.3 is 0 Å². The summed E-state index contributed by atoms with van der Waals surface area (Å²) in [6.45, 7) is 0. The van der Waals surface area contributed by atoms with E-state index in [4.69, 9.17) is 17.3 Å². The van der Waals surface area contributed by atoms with Crippen LogP contribution in [0.2, 0.25) is 5.02 Å². The minimum Gasteiger partial charge on any atom is -0.366 e. The van der Waals surface area contributed by atoms with Gasteiger partial charge < -0.3 is 5.73 Å². The molecule has 2 N–H and O–H groups in total. The van der Waals surface area contributed by atoms with E-state index in [-0.39, 0.29) is 5.95 Å². The minimum absolute atomic E-state index is 0.121. The van der Waals surface area contributed by atoms with Crippen molar-refractivity contribution in [1.29, 1.82) is 0 Å². The third-order valence-corrected chi connectivity index (χ3v) is 4.37. The molecule has 0 saturated carbocycles. The number of fused-ring (bicyclic) bond motifs is 6. The Bertz CT molecular complexity index is 1280. The molecule has 0 atom stereocenters. The summed E-state index contributed by atoms with van der Waals surface area (Å²) < 4.78 is 0. The normalized spacial score (nSPS) is 11.6. The molecular formula is C17H10ClN7. The summed E-state index contributed by atoms with van der Waals surface area (Å²) in [5.74, 6) is 0.121. The van der Waals surface area contributed by atoms with Crippen molar-refractivity contribution in [3.63, 3.8) is 0 Å². The number of halogens is 1. The number of nitrogen functional groups attached to an aromatic ring is 1. The lowest BCUT2D eigenvalue weighted by molar-refractivity contribution is 0.766. The highest BCUT2D eigenvalue weighted by Crippen LogP contribution is 2.31. The number of aromatic nitrogens is 6. The van der Waals surface area contributed by atoms with E-state index in [0.29, 0.717) is 32.8 Å². The molecule has 0 aliphatic carbocycles. The molecule has 3 aromatic carbocycles. The van der Waals surface area contributed by atoms with Crippen LogP contribution in [0.5, 0.6) is 0 Å². The second-order valence-electron chi connectivity index (χ2n) is 5.55. The summed E-state index contributed by atoms with van der Waals surface area (Å²) in [4.78, 5) is 5.87. The SMILES string of the molecule is Nc1nnc2c(n1)c1ccccc1c1nn(-c3ccccc3Cl)nc12. The van der Waals surface area contributed by atoms with Crippen molar-refractivity contribution in [3.05, 3.63) is 53.6 Å². The van der Waals surface area contributed by atoms with Crippen molar-refractivity contribution in [1.82, 2.24) is 30.2 Å². The Morgan fingerprint density at radius 1 is 0.760 bits per heavy atom. The fourth-order valence-corrected chi connectivity index (χ4v) is 3.16. The topological polar surface area (TPSA) is 95.4 Å². The van der Waals surface area contributed by atoms with Gasteiger partial charge in [-0.05, 0) is 12.1 Å².